The second-order valence-corrected chi connectivity index (χ2v) is 23.4. The molecule has 0 bridgehead atoms. The summed E-state index contributed by atoms with van der Waals surface area (Å²) in [6.07, 6.45) is 0. The van der Waals surface area contributed by atoms with E-state index in [-0.39, 0.29) is 0 Å². The van der Waals surface area contributed by atoms with E-state index in [9.17, 15) is 0 Å². The van der Waals surface area contributed by atoms with Crippen molar-refractivity contribution < 1.29 is 0 Å². The molecule has 0 aliphatic carbocycles. The molecule has 0 fully saturated rings. The fourth-order valence-corrected chi connectivity index (χ4v) is 13.0. The van der Waals surface area contributed by atoms with Gasteiger partial charge in [-0.05, 0) is 146 Å². The van der Waals surface area contributed by atoms with E-state index in [1.807, 2.05) is 72.8 Å². The SMILES string of the molecule is Cc1ccc2c(c1)c1cc(C)ccc1n2-c1ccc(-c2nc(-c3ccccc3)nc(-c3ccccc3)n2)c(-c2ccccc2-c2ccccc2-c2cc(-n3c4ccc(C)cc4c4cc(C)ccc43)ccc2-c2nc(-c3ccccc3)nc(-c3ccccc3)n2)c1. The number of fused-ring (bicyclic) bond motifs is 6. The second-order valence-electron chi connectivity index (χ2n) is 23.4. The molecule has 0 aliphatic rings. The maximum absolute atomic E-state index is 5.40. The Morgan fingerprint density at radius 2 is 0.444 bits per heavy atom. The van der Waals surface area contributed by atoms with Crippen LogP contribution in [0.4, 0.5) is 0 Å². The Balaban J connectivity index is 0.971. The van der Waals surface area contributed by atoms with Crippen molar-refractivity contribution in [2.45, 2.75) is 27.7 Å². The van der Waals surface area contributed by atoms with Gasteiger partial charge in [0.05, 0.1) is 22.1 Å². The van der Waals surface area contributed by atoms with Crippen LogP contribution in [0.1, 0.15) is 22.3 Å². The number of benzene rings is 12. The van der Waals surface area contributed by atoms with Gasteiger partial charge in [-0.25, -0.2) is 29.9 Å². The van der Waals surface area contributed by atoms with Gasteiger partial charge in [-0.1, -0.05) is 216 Å². The zero-order chi connectivity index (χ0) is 60.4. The molecule has 0 aliphatic heterocycles. The highest BCUT2D eigenvalue weighted by Crippen LogP contribution is 2.46. The third-order valence-corrected chi connectivity index (χ3v) is 17.3. The van der Waals surface area contributed by atoms with E-state index < -0.39 is 0 Å². The van der Waals surface area contributed by atoms with Crippen LogP contribution in [-0.4, -0.2) is 39.0 Å². The molecule has 0 unspecified atom stereocenters. The summed E-state index contributed by atoms with van der Waals surface area (Å²) >= 11 is 0. The first kappa shape index (κ1) is 53.7. The topological polar surface area (TPSA) is 87.2 Å². The van der Waals surface area contributed by atoms with Gasteiger partial charge >= 0.3 is 0 Å². The van der Waals surface area contributed by atoms with Gasteiger partial charge in [0.25, 0.3) is 0 Å². The fourth-order valence-electron chi connectivity index (χ4n) is 13.0. The number of nitrogens with zero attached hydrogens (tertiary/aromatic N) is 8. The summed E-state index contributed by atoms with van der Waals surface area (Å²) in [6.45, 7) is 8.67. The standard InChI is InChI=1S/C82H58N8/c1-51-33-41-73-69(45-51)70-46-52(2)34-42-74(70)89(73)59-37-39-65(81-85-77(55-21-9-5-10-22-55)83-78(86-81)56-23-11-6-12-24-56)67(49-59)63-31-19-17-29-61(63)62-30-18-20-32-64(62)68-50-60(90-75-43-35-53(3)47-71(75)72-48-54(4)36-44-76(72)90)38-40-66(68)82-87-79(57-25-13-7-14-26-57)84-80(88-82)58-27-15-8-16-28-58/h5-50H,1-4H3. The normalized spacial score (nSPS) is 11.6. The molecular formula is C82H58N8. The minimum atomic E-state index is 0.561. The minimum Gasteiger partial charge on any atom is -0.309 e. The Morgan fingerprint density at radius 3 is 0.722 bits per heavy atom. The molecule has 16 rings (SSSR count). The fraction of sp³-hybridized carbons (Fsp3) is 0.0488. The van der Waals surface area contributed by atoms with Crippen LogP contribution in [0.5, 0.6) is 0 Å². The van der Waals surface area contributed by atoms with Crippen molar-refractivity contribution in [2.75, 3.05) is 0 Å². The van der Waals surface area contributed by atoms with Gasteiger partial charge in [-0.15, -0.1) is 0 Å². The number of aryl methyl sites for hydroxylation is 4. The summed E-state index contributed by atoms with van der Waals surface area (Å²) < 4.78 is 4.81. The van der Waals surface area contributed by atoms with Crippen LogP contribution in [-0.2, 0) is 0 Å². The van der Waals surface area contributed by atoms with Gasteiger partial charge in [0, 0.05) is 66.3 Å². The molecular weight excluding hydrogens is 1100 g/mol. The van der Waals surface area contributed by atoms with Crippen molar-refractivity contribution in [3.05, 3.63) is 301 Å². The Labute approximate surface area is 521 Å². The molecule has 0 N–H and O–H groups in total. The summed E-state index contributed by atoms with van der Waals surface area (Å²) in [5.41, 5.74) is 22.6. The number of hydrogen-bond donors (Lipinski definition) is 0. The van der Waals surface area contributed by atoms with Crippen molar-refractivity contribution in [2.24, 2.45) is 0 Å². The third kappa shape index (κ3) is 9.59. The van der Waals surface area contributed by atoms with Crippen LogP contribution < -0.4 is 0 Å². The van der Waals surface area contributed by atoms with E-state index in [1.54, 1.807) is 0 Å². The van der Waals surface area contributed by atoms with Crippen LogP contribution in [0.2, 0.25) is 0 Å². The summed E-state index contributed by atoms with van der Waals surface area (Å²) in [4.78, 5) is 31.9. The van der Waals surface area contributed by atoms with Crippen LogP contribution in [0.25, 0.3) is 157 Å². The van der Waals surface area contributed by atoms with Crippen molar-refractivity contribution in [1.82, 2.24) is 39.0 Å². The highest BCUT2D eigenvalue weighted by molar-refractivity contribution is 6.11. The maximum Gasteiger partial charge on any atom is 0.164 e. The smallest absolute Gasteiger partial charge is 0.164 e. The van der Waals surface area contributed by atoms with Crippen LogP contribution in [0.15, 0.2) is 279 Å². The molecule has 4 aromatic heterocycles. The van der Waals surface area contributed by atoms with E-state index in [2.05, 4.69) is 243 Å². The lowest BCUT2D eigenvalue weighted by atomic mass is 9.86. The van der Waals surface area contributed by atoms with Crippen molar-refractivity contribution in [1.29, 1.82) is 0 Å². The Bertz CT molecular complexity index is 4880. The first-order valence-electron chi connectivity index (χ1n) is 30.5. The monoisotopic (exact) mass is 1150 g/mol. The maximum atomic E-state index is 5.40. The van der Waals surface area contributed by atoms with Crippen LogP contribution in [0.3, 0.4) is 0 Å². The Hall–Kier alpha value is -11.7. The number of hydrogen-bond acceptors (Lipinski definition) is 6. The molecule has 16 aromatic rings. The molecule has 0 amide bonds. The van der Waals surface area contributed by atoms with Crippen LogP contribution in [0, 0.1) is 27.7 Å². The van der Waals surface area contributed by atoms with Gasteiger partial charge in [0.2, 0.25) is 0 Å². The first-order valence-corrected chi connectivity index (χ1v) is 30.5. The molecule has 0 spiro atoms. The van der Waals surface area contributed by atoms with Gasteiger partial charge in [-0.2, -0.15) is 0 Å². The predicted molar refractivity (Wildman–Crippen MR) is 370 cm³/mol. The van der Waals surface area contributed by atoms with E-state index in [1.165, 1.54) is 43.8 Å². The van der Waals surface area contributed by atoms with Crippen molar-refractivity contribution in [3.63, 3.8) is 0 Å². The van der Waals surface area contributed by atoms with Crippen molar-refractivity contribution >= 4 is 43.6 Å². The van der Waals surface area contributed by atoms with Gasteiger partial charge in [-0.3, -0.25) is 0 Å². The van der Waals surface area contributed by atoms with E-state index in [4.69, 9.17) is 29.9 Å². The third-order valence-electron chi connectivity index (χ3n) is 17.3. The highest BCUT2D eigenvalue weighted by Gasteiger charge is 2.25. The van der Waals surface area contributed by atoms with E-state index >= 15 is 0 Å². The molecule has 0 atom stereocenters. The molecule has 8 heteroatoms. The molecule has 0 saturated carbocycles. The molecule has 8 nitrogen and oxygen atoms in total. The average molecular weight is 1160 g/mol. The molecule has 0 radical (unpaired) electrons. The lowest BCUT2D eigenvalue weighted by molar-refractivity contribution is 1.07. The predicted octanol–water partition coefficient (Wildman–Crippen LogP) is 20.5. The first-order chi connectivity index (χ1) is 44.2. The van der Waals surface area contributed by atoms with Crippen LogP contribution >= 0.6 is 0 Å². The zero-order valence-electron chi connectivity index (χ0n) is 50.1. The molecule has 12 aromatic carbocycles. The average Bonchev–Trinajstić information content (AvgIpc) is 1.51. The summed E-state index contributed by atoms with van der Waals surface area (Å²) in [5.74, 6) is 3.48. The van der Waals surface area contributed by atoms with Crippen molar-refractivity contribution in [3.8, 4) is 113 Å². The largest absolute Gasteiger partial charge is 0.309 e. The van der Waals surface area contributed by atoms with Gasteiger partial charge in [0.1, 0.15) is 0 Å². The highest BCUT2D eigenvalue weighted by atomic mass is 15.0. The van der Waals surface area contributed by atoms with Gasteiger partial charge < -0.3 is 9.13 Å². The molecule has 426 valence electrons. The number of aromatic nitrogens is 8. The quantitative estimate of drug-likeness (QED) is 0.128. The summed E-state index contributed by atoms with van der Waals surface area (Å²) in [7, 11) is 0. The second kappa shape index (κ2) is 22.2. The minimum absolute atomic E-state index is 0.561. The van der Waals surface area contributed by atoms with Gasteiger partial charge in [0.15, 0.2) is 34.9 Å². The summed E-state index contributed by atoms with van der Waals surface area (Å²) in [5, 5.41) is 4.83. The number of rotatable bonds is 11. The zero-order valence-corrected chi connectivity index (χ0v) is 50.1. The lowest BCUT2D eigenvalue weighted by Crippen LogP contribution is -2.03. The molecule has 90 heavy (non-hydrogen) atoms. The molecule has 4 heterocycles. The summed E-state index contributed by atoms with van der Waals surface area (Å²) in [6, 6.07) is 99.0. The lowest BCUT2D eigenvalue weighted by Gasteiger charge is -2.20. The Kier molecular flexibility index (Phi) is 13.2. The molecule has 0 saturated heterocycles. The van der Waals surface area contributed by atoms with E-state index in [0.29, 0.717) is 34.9 Å². The van der Waals surface area contributed by atoms with E-state index in [0.717, 1.165) is 100 Å². The Morgan fingerprint density at radius 1 is 0.200 bits per heavy atom.